The summed E-state index contributed by atoms with van der Waals surface area (Å²) in [6.07, 6.45) is 7.29. The predicted octanol–water partition coefficient (Wildman–Crippen LogP) is 3.67. The molecule has 144 valence electrons. The lowest BCUT2D eigenvalue weighted by Crippen LogP contribution is -2.36. The molecule has 1 aliphatic carbocycles. The molecule has 0 atom stereocenters. The Hall–Kier alpha value is -2.76. The Morgan fingerprint density at radius 1 is 1.07 bits per heavy atom. The quantitative estimate of drug-likeness (QED) is 0.662. The molecule has 1 aromatic heterocycles. The molecule has 0 saturated heterocycles. The van der Waals surface area contributed by atoms with E-state index in [9.17, 15) is 4.79 Å². The summed E-state index contributed by atoms with van der Waals surface area (Å²) in [7, 11) is 0. The van der Waals surface area contributed by atoms with Crippen molar-refractivity contribution in [3.63, 3.8) is 0 Å². The van der Waals surface area contributed by atoms with Gasteiger partial charge in [-0.1, -0.05) is 24.3 Å². The Morgan fingerprint density at radius 2 is 1.89 bits per heavy atom. The van der Waals surface area contributed by atoms with Gasteiger partial charge >= 0.3 is 6.03 Å². The third kappa shape index (κ3) is 6.47. The number of pyridine rings is 1. The number of amides is 2. The minimum atomic E-state index is -0.203. The maximum atomic E-state index is 12.0. The lowest BCUT2D eigenvalue weighted by Gasteiger charge is -2.15. The average molecular weight is 369 g/mol. The highest BCUT2D eigenvalue weighted by molar-refractivity contribution is 5.73. The van der Waals surface area contributed by atoms with Crippen molar-refractivity contribution in [1.82, 2.24) is 15.6 Å². The molecule has 0 radical (unpaired) electrons. The number of ether oxygens (including phenoxy) is 2. The van der Waals surface area contributed by atoms with Gasteiger partial charge in [0.15, 0.2) is 0 Å². The lowest BCUT2D eigenvalue weighted by atomic mass is 10.2. The molecular weight excluding hydrogens is 342 g/mol. The molecule has 0 bridgehead atoms. The Balaban J connectivity index is 1.34. The molecule has 2 N–H and O–H groups in total. The zero-order chi connectivity index (χ0) is 18.7. The molecule has 1 saturated carbocycles. The van der Waals surface area contributed by atoms with Gasteiger partial charge in [-0.05, 0) is 50.3 Å². The monoisotopic (exact) mass is 369 g/mol. The molecule has 6 nitrogen and oxygen atoms in total. The van der Waals surface area contributed by atoms with Crippen LogP contribution in [0.5, 0.6) is 11.6 Å². The van der Waals surface area contributed by atoms with E-state index in [2.05, 4.69) is 15.6 Å². The number of benzene rings is 1. The summed E-state index contributed by atoms with van der Waals surface area (Å²) in [5.74, 6) is 1.47. The molecular formula is C21H27N3O3. The van der Waals surface area contributed by atoms with E-state index in [-0.39, 0.29) is 12.1 Å². The second kappa shape index (κ2) is 10.4. The van der Waals surface area contributed by atoms with Crippen molar-refractivity contribution in [2.75, 3.05) is 13.2 Å². The number of urea groups is 1. The van der Waals surface area contributed by atoms with E-state index < -0.39 is 0 Å². The third-order valence-electron chi connectivity index (χ3n) is 4.49. The van der Waals surface area contributed by atoms with Crippen molar-refractivity contribution < 1.29 is 14.3 Å². The highest BCUT2D eigenvalue weighted by Crippen LogP contribution is 2.24. The van der Waals surface area contributed by atoms with E-state index >= 15 is 0 Å². The van der Waals surface area contributed by atoms with Crippen molar-refractivity contribution >= 4 is 6.03 Å². The Kier molecular flexibility index (Phi) is 7.33. The van der Waals surface area contributed by atoms with Crippen LogP contribution >= 0.6 is 0 Å². The van der Waals surface area contributed by atoms with Crippen LogP contribution in [0.1, 0.15) is 37.7 Å². The van der Waals surface area contributed by atoms with Crippen molar-refractivity contribution in [2.24, 2.45) is 0 Å². The van der Waals surface area contributed by atoms with Crippen LogP contribution in [0.15, 0.2) is 48.7 Å². The fraction of sp³-hybridized carbons (Fsp3) is 0.429. The van der Waals surface area contributed by atoms with Gasteiger partial charge in [-0.25, -0.2) is 9.78 Å². The molecule has 3 rings (SSSR count). The molecule has 1 fully saturated rings. The molecule has 0 aliphatic heterocycles. The molecule has 27 heavy (non-hydrogen) atoms. The number of carbonyl (C=O) groups excluding carboxylic acids is 1. The molecule has 0 unspecified atom stereocenters. The number of aromatic nitrogens is 1. The average Bonchev–Trinajstić information content (AvgIpc) is 3.21. The van der Waals surface area contributed by atoms with Gasteiger partial charge in [-0.15, -0.1) is 0 Å². The number of hydrogen-bond acceptors (Lipinski definition) is 4. The van der Waals surface area contributed by atoms with Gasteiger partial charge in [0.1, 0.15) is 11.9 Å². The van der Waals surface area contributed by atoms with Crippen LogP contribution in [-0.2, 0) is 6.54 Å². The van der Waals surface area contributed by atoms with Crippen molar-refractivity contribution in [3.05, 3.63) is 54.2 Å². The normalized spacial score (nSPS) is 13.9. The number of para-hydroxylation sites is 1. The van der Waals surface area contributed by atoms with E-state index in [4.69, 9.17) is 9.47 Å². The fourth-order valence-corrected chi connectivity index (χ4v) is 3.05. The van der Waals surface area contributed by atoms with Gasteiger partial charge in [0, 0.05) is 24.8 Å². The van der Waals surface area contributed by atoms with Crippen molar-refractivity contribution in [2.45, 2.75) is 44.8 Å². The largest absolute Gasteiger partial charge is 0.494 e. The van der Waals surface area contributed by atoms with Crippen LogP contribution in [0.2, 0.25) is 0 Å². The molecule has 2 amide bonds. The van der Waals surface area contributed by atoms with Crippen LogP contribution in [0, 0.1) is 0 Å². The van der Waals surface area contributed by atoms with Gasteiger partial charge in [0.2, 0.25) is 5.88 Å². The summed E-state index contributed by atoms with van der Waals surface area (Å²) in [5.41, 5.74) is 0.895. The summed E-state index contributed by atoms with van der Waals surface area (Å²) in [4.78, 5) is 16.3. The van der Waals surface area contributed by atoms with E-state index in [0.29, 0.717) is 25.6 Å². The highest BCUT2D eigenvalue weighted by Gasteiger charge is 2.18. The van der Waals surface area contributed by atoms with Crippen LogP contribution in [0.25, 0.3) is 0 Å². The zero-order valence-electron chi connectivity index (χ0n) is 15.5. The van der Waals surface area contributed by atoms with Gasteiger partial charge < -0.3 is 20.1 Å². The highest BCUT2D eigenvalue weighted by atomic mass is 16.5. The Labute approximate surface area is 160 Å². The molecule has 2 aromatic rings. The van der Waals surface area contributed by atoms with Gasteiger partial charge in [0.25, 0.3) is 0 Å². The first kappa shape index (κ1) is 19.0. The first-order valence-corrected chi connectivity index (χ1v) is 9.61. The number of nitrogens with one attached hydrogen (secondary N) is 2. The number of hydrogen-bond donors (Lipinski definition) is 2. The summed E-state index contributed by atoms with van der Waals surface area (Å²) in [5, 5.41) is 5.70. The second-order valence-electron chi connectivity index (χ2n) is 6.62. The minimum Gasteiger partial charge on any atom is -0.494 e. The van der Waals surface area contributed by atoms with Crippen LogP contribution in [0.4, 0.5) is 4.79 Å². The first-order valence-electron chi connectivity index (χ1n) is 9.61. The maximum absolute atomic E-state index is 12.0. The molecule has 1 heterocycles. The summed E-state index contributed by atoms with van der Waals surface area (Å²) >= 11 is 0. The van der Waals surface area contributed by atoms with Gasteiger partial charge in [-0.2, -0.15) is 0 Å². The van der Waals surface area contributed by atoms with Crippen molar-refractivity contribution in [1.29, 1.82) is 0 Å². The summed E-state index contributed by atoms with van der Waals surface area (Å²) in [6.45, 7) is 1.51. The number of nitrogens with zero attached hydrogens (tertiary/aromatic N) is 1. The Morgan fingerprint density at radius 3 is 2.70 bits per heavy atom. The standard InChI is InChI=1S/C21H27N3O3/c25-21(23-14-7-15-26-18-9-2-1-3-10-18)24-16-17-8-6-13-22-20(17)27-19-11-4-5-12-19/h1-3,6,8-10,13,19H,4-5,7,11-12,14-16H2,(H2,23,24,25). The lowest BCUT2D eigenvalue weighted by molar-refractivity contribution is 0.198. The fourth-order valence-electron chi connectivity index (χ4n) is 3.05. The van der Waals surface area contributed by atoms with E-state index in [1.54, 1.807) is 6.20 Å². The van der Waals surface area contributed by atoms with Gasteiger partial charge in [-0.3, -0.25) is 0 Å². The van der Waals surface area contributed by atoms with Crippen LogP contribution in [-0.4, -0.2) is 30.3 Å². The summed E-state index contributed by atoms with van der Waals surface area (Å²) in [6, 6.07) is 13.2. The van der Waals surface area contributed by atoms with Crippen LogP contribution < -0.4 is 20.1 Å². The van der Waals surface area contributed by atoms with E-state index in [0.717, 1.165) is 30.6 Å². The smallest absolute Gasteiger partial charge is 0.315 e. The Bertz CT molecular complexity index is 703. The number of carbonyl (C=O) groups is 1. The maximum Gasteiger partial charge on any atom is 0.315 e. The molecule has 1 aliphatic rings. The van der Waals surface area contributed by atoms with Crippen LogP contribution in [0.3, 0.4) is 0 Å². The van der Waals surface area contributed by atoms with E-state index in [1.807, 2.05) is 42.5 Å². The van der Waals surface area contributed by atoms with E-state index in [1.165, 1.54) is 12.8 Å². The predicted molar refractivity (Wildman–Crippen MR) is 104 cm³/mol. The third-order valence-corrected chi connectivity index (χ3v) is 4.49. The second-order valence-corrected chi connectivity index (χ2v) is 6.62. The molecule has 0 spiro atoms. The SMILES string of the molecule is O=C(NCCCOc1ccccc1)NCc1cccnc1OC1CCCC1. The minimum absolute atomic E-state index is 0.203. The first-order chi connectivity index (χ1) is 13.3. The molecule has 1 aromatic carbocycles. The summed E-state index contributed by atoms with van der Waals surface area (Å²) < 4.78 is 11.6. The number of rotatable bonds is 9. The topological polar surface area (TPSA) is 72.5 Å². The molecule has 6 heteroatoms. The zero-order valence-corrected chi connectivity index (χ0v) is 15.5. The van der Waals surface area contributed by atoms with Crippen molar-refractivity contribution in [3.8, 4) is 11.6 Å². The van der Waals surface area contributed by atoms with Gasteiger partial charge in [0.05, 0.1) is 6.61 Å².